The molecule has 0 bridgehead atoms. The Hall–Kier alpha value is -0.940. The number of rotatable bonds is 2. The van der Waals surface area contributed by atoms with Crippen molar-refractivity contribution in [1.82, 2.24) is 20.4 Å². The standard InChI is InChI=1S/C8H14N4O/c1-7-10-8(13-11-7)6-12-4-2-9-3-5-12/h9H,2-6H2,1H3. The molecule has 0 radical (unpaired) electrons. The van der Waals surface area contributed by atoms with Crippen LogP contribution in [0.5, 0.6) is 0 Å². The number of aryl methyl sites for hydroxylation is 1. The van der Waals surface area contributed by atoms with Gasteiger partial charge in [0.05, 0.1) is 6.54 Å². The Kier molecular flexibility index (Phi) is 2.56. The highest BCUT2D eigenvalue weighted by Crippen LogP contribution is 2.02. The maximum Gasteiger partial charge on any atom is 0.240 e. The lowest BCUT2D eigenvalue weighted by atomic mass is 10.3. The van der Waals surface area contributed by atoms with Gasteiger partial charge in [-0.3, -0.25) is 4.90 Å². The van der Waals surface area contributed by atoms with Gasteiger partial charge in [0.2, 0.25) is 5.89 Å². The summed E-state index contributed by atoms with van der Waals surface area (Å²) in [7, 11) is 0. The van der Waals surface area contributed by atoms with Gasteiger partial charge in [0, 0.05) is 26.2 Å². The molecular formula is C8H14N4O. The first kappa shape index (κ1) is 8.65. The Morgan fingerprint density at radius 2 is 2.23 bits per heavy atom. The molecule has 0 saturated carbocycles. The van der Waals surface area contributed by atoms with Crippen LogP contribution in [0, 0.1) is 6.92 Å². The zero-order chi connectivity index (χ0) is 9.10. The summed E-state index contributed by atoms with van der Waals surface area (Å²) in [5, 5.41) is 7.05. The maximum absolute atomic E-state index is 5.04. The summed E-state index contributed by atoms with van der Waals surface area (Å²) >= 11 is 0. The fourth-order valence-corrected chi connectivity index (χ4v) is 1.46. The molecule has 2 rings (SSSR count). The Morgan fingerprint density at radius 1 is 1.46 bits per heavy atom. The second kappa shape index (κ2) is 3.85. The van der Waals surface area contributed by atoms with Crippen LogP contribution in [0.15, 0.2) is 4.52 Å². The zero-order valence-electron chi connectivity index (χ0n) is 7.79. The van der Waals surface area contributed by atoms with Gasteiger partial charge in [0.15, 0.2) is 5.82 Å². The molecule has 0 atom stereocenters. The van der Waals surface area contributed by atoms with Gasteiger partial charge in [-0.15, -0.1) is 0 Å². The Labute approximate surface area is 77.1 Å². The molecule has 0 spiro atoms. The molecule has 72 valence electrons. The highest BCUT2D eigenvalue weighted by molar-refractivity contribution is 4.83. The summed E-state index contributed by atoms with van der Waals surface area (Å²) in [5.74, 6) is 1.43. The van der Waals surface area contributed by atoms with E-state index in [1.807, 2.05) is 6.92 Å². The normalized spacial score (nSPS) is 19.2. The van der Waals surface area contributed by atoms with E-state index in [1.165, 1.54) is 0 Å². The molecule has 1 aromatic rings. The summed E-state index contributed by atoms with van der Waals surface area (Å²) < 4.78 is 5.04. The van der Waals surface area contributed by atoms with Gasteiger partial charge in [-0.2, -0.15) is 4.98 Å². The van der Waals surface area contributed by atoms with Crippen molar-refractivity contribution in [2.75, 3.05) is 26.2 Å². The first-order valence-electron chi connectivity index (χ1n) is 4.57. The molecule has 0 aliphatic carbocycles. The largest absolute Gasteiger partial charge is 0.338 e. The van der Waals surface area contributed by atoms with E-state index in [4.69, 9.17) is 4.52 Å². The Balaban J connectivity index is 1.89. The van der Waals surface area contributed by atoms with Crippen LogP contribution in [0.25, 0.3) is 0 Å². The molecule has 1 fully saturated rings. The summed E-state index contributed by atoms with van der Waals surface area (Å²) in [5.41, 5.74) is 0. The van der Waals surface area contributed by atoms with E-state index in [9.17, 15) is 0 Å². The lowest BCUT2D eigenvalue weighted by molar-refractivity contribution is 0.203. The van der Waals surface area contributed by atoms with Crippen LogP contribution in [-0.2, 0) is 6.54 Å². The van der Waals surface area contributed by atoms with E-state index in [0.717, 1.165) is 38.6 Å². The molecule has 5 heteroatoms. The van der Waals surface area contributed by atoms with Gasteiger partial charge in [-0.25, -0.2) is 0 Å². The van der Waals surface area contributed by atoms with E-state index >= 15 is 0 Å². The van der Waals surface area contributed by atoms with Crippen molar-refractivity contribution in [3.05, 3.63) is 11.7 Å². The second-order valence-corrected chi connectivity index (χ2v) is 3.26. The molecule has 0 aromatic carbocycles. The smallest absolute Gasteiger partial charge is 0.240 e. The minimum atomic E-state index is 0.713. The van der Waals surface area contributed by atoms with Gasteiger partial charge in [-0.05, 0) is 6.92 Å². The van der Waals surface area contributed by atoms with E-state index in [1.54, 1.807) is 0 Å². The first-order chi connectivity index (χ1) is 6.34. The molecule has 2 heterocycles. The van der Waals surface area contributed by atoms with Crippen LogP contribution >= 0.6 is 0 Å². The van der Waals surface area contributed by atoms with Crippen molar-refractivity contribution in [3.8, 4) is 0 Å². The molecule has 1 N–H and O–H groups in total. The predicted molar refractivity (Wildman–Crippen MR) is 47.2 cm³/mol. The molecule has 0 amide bonds. The third-order valence-corrected chi connectivity index (χ3v) is 2.14. The van der Waals surface area contributed by atoms with Crippen molar-refractivity contribution in [1.29, 1.82) is 0 Å². The molecule has 1 aliphatic heterocycles. The number of nitrogens with one attached hydrogen (secondary N) is 1. The molecule has 1 saturated heterocycles. The van der Waals surface area contributed by atoms with Crippen molar-refractivity contribution in [2.45, 2.75) is 13.5 Å². The van der Waals surface area contributed by atoms with Gasteiger partial charge in [0.1, 0.15) is 0 Å². The van der Waals surface area contributed by atoms with E-state index in [-0.39, 0.29) is 0 Å². The maximum atomic E-state index is 5.04. The first-order valence-corrected chi connectivity index (χ1v) is 4.57. The number of nitrogens with zero attached hydrogens (tertiary/aromatic N) is 3. The van der Waals surface area contributed by atoms with Crippen LogP contribution in [0.2, 0.25) is 0 Å². The van der Waals surface area contributed by atoms with Gasteiger partial charge < -0.3 is 9.84 Å². The topological polar surface area (TPSA) is 54.2 Å². The summed E-state index contributed by atoms with van der Waals surface area (Å²) in [6.45, 7) is 6.83. The minimum absolute atomic E-state index is 0.713. The minimum Gasteiger partial charge on any atom is -0.338 e. The number of piperazine rings is 1. The molecule has 13 heavy (non-hydrogen) atoms. The molecular weight excluding hydrogens is 168 g/mol. The third-order valence-electron chi connectivity index (χ3n) is 2.14. The molecule has 1 aromatic heterocycles. The van der Waals surface area contributed by atoms with Crippen molar-refractivity contribution in [2.24, 2.45) is 0 Å². The lowest BCUT2D eigenvalue weighted by Gasteiger charge is -2.25. The van der Waals surface area contributed by atoms with Crippen molar-refractivity contribution >= 4 is 0 Å². The third kappa shape index (κ3) is 2.26. The van der Waals surface area contributed by atoms with Gasteiger partial charge in [-0.1, -0.05) is 5.16 Å². The Bertz CT molecular complexity index is 267. The average Bonchev–Trinajstić information content (AvgIpc) is 2.53. The summed E-state index contributed by atoms with van der Waals surface area (Å²) in [6.07, 6.45) is 0. The fourth-order valence-electron chi connectivity index (χ4n) is 1.46. The summed E-state index contributed by atoms with van der Waals surface area (Å²) in [6, 6.07) is 0. The van der Waals surface area contributed by atoms with Crippen molar-refractivity contribution in [3.63, 3.8) is 0 Å². The highest BCUT2D eigenvalue weighted by atomic mass is 16.5. The number of hydrogen-bond acceptors (Lipinski definition) is 5. The van der Waals surface area contributed by atoms with E-state index in [2.05, 4.69) is 20.4 Å². The molecule has 5 nitrogen and oxygen atoms in total. The highest BCUT2D eigenvalue weighted by Gasteiger charge is 2.12. The predicted octanol–water partition coefficient (Wildman–Crippen LogP) is -0.217. The second-order valence-electron chi connectivity index (χ2n) is 3.26. The van der Waals surface area contributed by atoms with Crippen LogP contribution in [0.3, 0.4) is 0 Å². The summed E-state index contributed by atoms with van der Waals surface area (Å²) in [4.78, 5) is 6.47. The number of aromatic nitrogens is 2. The quantitative estimate of drug-likeness (QED) is 0.685. The van der Waals surface area contributed by atoms with Gasteiger partial charge in [0.25, 0.3) is 0 Å². The Morgan fingerprint density at radius 3 is 2.85 bits per heavy atom. The van der Waals surface area contributed by atoms with Crippen molar-refractivity contribution < 1.29 is 4.52 Å². The van der Waals surface area contributed by atoms with Crippen LogP contribution in [-0.4, -0.2) is 41.2 Å². The van der Waals surface area contributed by atoms with E-state index < -0.39 is 0 Å². The van der Waals surface area contributed by atoms with Crippen LogP contribution in [0.1, 0.15) is 11.7 Å². The van der Waals surface area contributed by atoms with Gasteiger partial charge >= 0.3 is 0 Å². The SMILES string of the molecule is Cc1noc(CN2CCNCC2)n1. The van der Waals surface area contributed by atoms with Crippen LogP contribution in [0.4, 0.5) is 0 Å². The zero-order valence-corrected chi connectivity index (χ0v) is 7.79. The number of hydrogen-bond donors (Lipinski definition) is 1. The fraction of sp³-hybridized carbons (Fsp3) is 0.750. The average molecular weight is 182 g/mol. The molecule has 0 unspecified atom stereocenters. The van der Waals surface area contributed by atoms with E-state index in [0.29, 0.717) is 5.82 Å². The lowest BCUT2D eigenvalue weighted by Crippen LogP contribution is -2.42. The molecule has 1 aliphatic rings. The van der Waals surface area contributed by atoms with Crippen LogP contribution < -0.4 is 5.32 Å². The monoisotopic (exact) mass is 182 g/mol.